The Kier molecular flexibility index (Phi) is 5.47. The van der Waals surface area contributed by atoms with Gasteiger partial charge in [0.05, 0.1) is 13.2 Å². The quantitative estimate of drug-likeness (QED) is 0.887. The molecular formula is C12H13BrClNO2S. The summed E-state index contributed by atoms with van der Waals surface area (Å²) in [6, 6.07) is 7.04. The van der Waals surface area contributed by atoms with Crippen molar-refractivity contribution in [2.45, 2.75) is 6.04 Å². The molecular weight excluding hydrogens is 338 g/mol. The van der Waals surface area contributed by atoms with Gasteiger partial charge in [0.25, 0.3) is 0 Å². The van der Waals surface area contributed by atoms with Crippen molar-refractivity contribution in [2.75, 3.05) is 7.11 Å². The van der Waals surface area contributed by atoms with Gasteiger partial charge in [0, 0.05) is 14.9 Å². The number of halogens is 2. The van der Waals surface area contributed by atoms with Crippen LogP contribution in [0.1, 0.15) is 16.5 Å². The summed E-state index contributed by atoms with van der Waals surface area (Å²) in [5, 5.41) is 12.1. The fraction of sp³-hybridized carbons (Fsp3) is 0.167. The van der Waals surface area contributed by atoms with Gasteiger partial charge in [-0.2, -0.15) is 0 Å². The van der Waals surface area contributed by atoms with Crippen LogP contribution in [-0.2, 0) is 0 Å². The van der Waals surface area contributed by atoms with E-state index in [1.54, 1.807) is 17.4 Å². The Morgan fingerprint density at radius 3 is 2.67 bits per heavy atom. The molecule has 0 aliphatic rings. The van der Waals surface area contributed by atoms with Gasteiger partial charge in [0.15, 0.2) is 11.5 Å². The molecule has 0 radical (unpaired) electrons. The summed E-state index contributed by atoms with van der Waals surface area (Å²) in [5.74, 6) is 0.512. The maximum absolute atomic E-state index is 10.1. The van der Waals surface area contributed by atoms with E-state index in [4.69, 9.17) is 10.5 Å². The number of methoxy groups -OCH3 is 1. The zero-order valence-electron chi connectivity index (χ0n) is 9.59. The average Bonchev–Trinajstić information content (AvgIpc) is 2.82. The van der Waals surface area contributed by atoms with Gasteiger partial charge in [0.1, 0.15) is 0 Å². The van der Waals surface area contributed by atoms with Gasteiger partial charge in [-0.3, -0.25) is 0 Å². The van der Waals surface area contributed by atoms with Crippen LogP contribution in [0.4, 0.5) is 0 Å². The van der Waals surface area contributed by atoms with Crippen molar-refractivity contribution in [3.63, 3.8) is 0 Å². The van der Waals surface area contributed by atoms with Crippen molar-refractivity contribution < 1.29 is 9.84 Å². The molecule has 0 fully saturated rings. The molecule has 1 heterocycles. The molecule has 0 aliphatic carbocycles. The van der Waals surface area contributed by atoms with Gasteiger partial charge in [-0.25, -0.2) is 0 Å². The molecule has 0 spiro atoms. The molecule has 6 heteroatoms. The van der Waals surface area contributed by atoms with Crippen molar-refractivity contribution in [2.24, 2.45) is 5.73 Å². The minimum Gasteiger partial charge on any atom is -0.504 e. The number of rotatable bonds is 3. The van der Waals surface area contributed by atoms with Crippen LogP contribution in [-0.4, -0.2) is 12.2 Å². The first-order valence-corrected chi connectivity index (χ1v) is 6.66. The van der Waals surface area contributed by atoms with Crippen molar-refractivity contribution in [1.82, 2.24) is 0 Å². The maximum atomic E-state index is 10.1. The van der Waals surface area contributed by atoms with Crippen LogP contribution in [0.2, 0.25) is 0 Å². The highest BCUT2D eigenvalue weighted by molar-refractivity contribution is 9.10. The lowest BCUT2D eigenvalue weighted by Crippen LogP contribution is -2.11. The fourth-order valence-corrected chi connectivity index (χ4v) is 2.94. The Labute approximate surface area is 124 Å². The molecule has 0 bridgehead atoms. The largest absolute Gasteiger partial charge is 0.504 e. The normalized spacial score (nSPS) is 11.7. The number of hydrogen-bond acceptors (Lipinski definition) is 4. The summed E-state index contributed by atoms with van der Waals surface area (Å²) >= 11 is 4.96. The highest BCUT2D eigenvalue weighted by Crippen LogP contribution is 2.40. The van der Waals surface area contributed by atoms with Gasteiger partial charge >= 0.3 is 0 Å². The summed E-state index contributed by atoms with van der Waals surface area (Å²) < 4.78 is 5.86. The molecule has 0 saturated carbocycles. The van der Waals surface area contributed by atoms with Crippen LogP contribution in [0.15, 0.2) is 34.1 Å². The minimum atomic E-state index is -0.362. The standard InChI is InChI=1S/C12H12BrNO2S.ClH/c1-16-8-5-4-7(13)10(12(8)15)11(14)9-3-2-6-17-9;/h2-6,11,15H,14H2,1H3;1H/t11-;/m0./s1. The zero-order chi connectivity index (χ0) is 12.4. The van der Waals surface area contributed by atoms with E-state index in [-0.39, 0.29) is 24.2 Å². The number of hydrogen-bond donors (Lipinski definition) is 2. The van der Waals surface area contributed by atoms with Crippen LogP contribution in [0, 0.1) is 0 Å². The molecule has 98 valence electrons. The van der Waals surface area contributed by atoms with Crippen LogP contribution < -0.4 is 10.5 Å². The van der Waals surface area contributed by atoms with Crippen molar-refractivity contribution >= 4 is 39.7 Å². The molecule has 3 nitrogen and oxygen atoms in total. The third kappa shape index (κ3) is 2.80. The molecule has 2 aromatic rings. The highest BCUT2D eigenvalue weighted by Gasteiger charge is 2.20. The molecule has 0 aliphatic heterocycles. The van der Waals surface area contributed by atoms with E-state index in [0.717, 1.165) is 9.35 Å². The van der Waals surface area contributed by atoms with Crippen molar-refractivity contribution in [3.05, 3.63) is 44.6 Å². The number of thiophene rings is 1. The smallest absolute Gasteiger partial charge is 0.164 e. The fourth-order valence-electron chi connectivity index (χ4n) is 1.63. The zero-order valence-corrected chi connectivity index (χ0v) is 12.8. The molecule has 3 N–H and O–H groups in total. The number of phenols is 1. The first kappa shape index (κ1) is 15.3. The van der Waals surface area contributed by atoms with Crippen molar-refractivity contribution in [3.8, 4) is 11.5 Å². The maximum Gasteiger partial charge on any atom is 0.164 e. The molecule has 1 atom stereocenters. The van der Waals surface area contributed by atoms with Gasteiger partial charge in [0.2, 0.25) is 0 Å². The lowest BCUT2D eigenvalue weighted by Gasteiger charge is -2.16. The topological polar surface area (TPSA) is 55.5 Å². The summed E-state index contributed by atoms with van der Waals surface area (Å²) in [4.78, 5) is 0.995. The lowest BCUT2D eigenvalue weighted by molar-refractivity contribution is 0.369. The van der Waals surface area contributed by atoms with Gasteiger partial charge < -0.3 is 15.6 Å². The van der Waals surface area contributed by atoms with Gasteiger partial charge in [-0.1, -0.05) is 22.0 Å². The SMILES string of the molecule is COc1ccc(Br)c([C@@H](N)c2cccs2)c1O.Cl. The van der Waals surface area contributed by atoms with E-state index < -0.39 is 0 Å². The molecule has 0 unspecified atom stereocenters. The Morgan fingerprint density at radius 1 is 1.39 bits per heavy atom. The Hall–Kier alpha value is -0.750. The van der Waals surface area contributed by atoms with Crippen LogP contribution in [0.25, 0.3) is 0 Å². The molecule has 0 amide bonds. The molecule has 18 heavy (non-hydrogen) atoms. The lowest BCUT2D eigenvalue weighted by atomic mass is 10.0. The third-order valence-electron chi connectivity index (χ3n) is 2.51. The number of benzene rings is 1. The molecule has 2 rings (SSSR count). The second-order valence-corrected chi connectivity index (χ2v) is 5.34. The van der Waals surface area contributed by atoms with Gasteiger partial charge in [-0.15, -0.1) is 23.7 Å². The Balaban J connectivity index is 0.00000162. The number of nitrogens with two attached hydrogens (primary N) is 1. The average molecular weight is 351 g/mol. The predicted octanol–water partition coefficient (Wildman–Crippen LogP) is 3.69. The minimum absolute atomic E-state index is 0. The Bertz CT molecular complexity index is 519. The third-order valence-corrected chi connectivity index (χ3v) is 4.15. The van der Waals surface area contributed by atoms with E-state index in [1.165, 1.54) is 7.11 Å². The van der Waals surface area contributed by atoms with Crippen LogP contribution in [0.5, 0.6) is 11.5 Å². The van der Waals surface area contributed by atoms with Crippen molar-refractivity contribution in [1.29, 1.82) is 0 Å². The second kappa shape index (κ2) is 6.43. The predicted molar refractivity (Wildman–Crippen MR) is 80.0 cm³/mol. The van der Waals surface area contributed by atoms with Crippen LogP contribution in [0.3, 0.4) is 0 Å². The molecule has 1 aromatic heterocycles. The van der Waals surface area contributed by atoms with Crippen LogP contribution >= 0.6 is 39.7 Å². The summed E-state index contributed by atoms with van der Waals surface area (Å²) in [7, 11) is 1.52. The van der Waals surface area contributed by atoms with E-state index in [2.05, 4.69) is 15.9 Å². The number of phenolic OH excluding ortho intramolecular Hbond substituents is 1. The Morgan fingerprint density at radius 2 is 2.11 bits per heavy atom. The number of ether oxygens (including phenoxy) is 1. The summed E-state index contributed by atoms with van der Waals surface area (Å²) in [6.07, 6.45) is 0. The van der Waals surface area contributed by atoms with E-state index >= 15 is 0 Å². The van der Waals surface area contributed by atoms with Gasteiger partial charge in [-0.05, 0) is 23.6 Å². The first-order chi connectivity index (χ1) is 8.15. The summed E-state index contributed by atoms with van der Waals surface area (Å²) in [6.45, 7) is 0. The molecule has 0 saturated heterocycles. The van der Waals surface area contributed by atoms with E-state index in [9.17, 15) is 5.11 Å². The first-order valence-electron chi connectivity index (χ1n) is 4.99. The molecule has 1 aromatic carbocycles. The highest BCUT2D eigenvalue weighted by atomic mass is 79.9. The monoisotopic (exact) mass is 349 g/mol. The van der Waals surface area contributed by atoms with E-state index in [1.807, 2.05) is 23.6 Å². The second-order valence-electron chi connectivity index (χ2n) is 3.51. The van der Waals surface area contributed by atoms with E-state index in [0.29, 0.717) is 11.3 Å². The number of aromatic hydroxyl groups is 1. The summed E-state index contributed by atoms with van der Waals surface area (Å²) in [5.41, 5.74) is 6.80.